The predicted molar refractivity (Wildman–Crippen MR) is 90.0 cm³/mol. The summed E-state index contributed by atoms with van der Waals surface area (Å²) in [6.45, 7) is 8.65. The molecule has 0 aliphatic rings. The van der Waals surface area contributed by atoms with E-state index in [0.29, 0.717) is 12.5 Å². The molecular formula is C16H26N4O2. The summed E-state index contributed by atoms with van der Waals surface area (Å²) in [6, 6.07) is 6.50. The zero-order valence-electron chi connectivity index (χ0n) is 13.6. The van der Waals surface area contributed by atoms with Gasteiger partial charge in [0, 0.05) is 25.2 Å². The van der Waals surface area contributed by atoms with Crippen LogP contribution in [-0.4, -0.2) is 24.0 Å². The first-order valence-corrected chi connectivity index (χ1v) is 7.78. The number of nitro benzene ring substituents is 1. The average molecular weight is 306 g/mol. The zero-order valence-corrected chi connectivity index (χ0v) is 13.6. The molecule has 6 heteroatoms. The van der Waals surface area contributed by atoms with Crippen molar-refractivity contribution in [2.24, 2.45) is 10.9 Å². The van der Waals surface area contributed by atoms with Crippen LogP contribution in [0.5, 0.6) is 0 Å². The van der Waals surface area contributed by atoms with Gasteiger partial charge in [0.1, 0.15) is 0 Å². The third-order valence-corrected chi connectivity index (χ3v) is 3.16. The van der Waals surface area contributed by atoms with Crippen LogP contribution < -0.4 is 10.6 Å². The Labute approximate surface area is 132 Å². The molecule has 0 aromatic heterocycles. The Kier molecular flexibility index (Phi) is 7.96. The molecule has 22 heavy (non-hydrogen) atoms. The number of nitro groups is 1. The van der Waals surface area contributed by atoms with Crippen molar-refractivity contribution >= 4 is 11.6 Å². The zero-order chi connectivity index (χ0) is 16.4. The Morgan fingerprint density at radius 1 is 1.27 bits per heavy atom. The van der Waals surface area contributed by atoms with Crippen molar-refractivity contribution in [2.75, 3.05) is 13.1 Å². The van der Waals surface area contributed by atoms with Gasteiger partial charge in [0.05, 0.1) is 11.5 Å². The fourth-order valence-electron chi connectivity index (χ4n) is 1.95. The molecule has 0 bridgehead atoms. The van der Waals surface area contributed by atoms with Crippen LogP contribution in [0.3, 0.4) is 0 Å². The van der Waals surface area contributed by atoms with Crippen LogP contribution in [0.25, 0.3) is 0 Å². The van der Waals surface area contributed by atoms with E-state index in [0.717, 1.165) is 31.0 Å². The molecule has 0 aliphatic heterocycles. The van der Waals surface area contributed by atoms with Crippen molar-refractivity contribution < 1.29 is 4.92 Å². The number of non-ortho nitro benzene ring substituents is 1. The topological polar surface area (TPSA) is 79.6 Å². The van der Waals surface area contributed by atoms with Crippen molar-refractivity contribution in [2.45, 2.75) is 40.2 Å². The Morgan fingerprint density at radius 3 is 2.50 bits per heavy atom. The highest BCUT2D eigenvalue weighted by molar-refractivity contribution is 5.79. The summed E-state index contributed by atoms with van der Waals surface area (Å²) >= 11 is 0. The number of aliphatic imine (C=N–C) groups is 1. The van der Waals surface area contributed by atoms with Crippen LogP contribution >= 0.6 is 0 Å². The van der Waals surface area contributed by atoms with Gasteiger partial charge >= 0.3 is 0 Å². The number of guanidine groups is 1. The first-order valence-electron chi connectivity index (χ1n) is 7.78. The van der Waals surface area contributed by atoms with Gasteiger partial charge in [-0.15, -0.1) is 0 Å². The summed E-state index contributed by atoms with van der Waals surface area (Å²) in [4.78, 5) is 14.7. The van der Waals surface area contributed by atoms with E-state index in [4.69, 9.17) is 0 Å². The molecule has 0 fully saturated rings. The first-order chi connectivity index (χ1) is 10.5. The van der Waals surface area contributed by atoms with Crippen molar-refractivity contribution in [1.29, 1.82) is 0 Å². The standard InChI is InChI=1S/C16H26N4O2/c1-4-17-16(18-11-5-6-13(2)3)19-12-14-7-9-15(10-8-14)20(21)22/h7-10,13H,4-6,11-12H2,1-3H3,(H2,17,18,19). The third kappa shape index (κ3) is 7.06. The molecule has 0 radical (unpaired) electrons. The quantitative estimate of drug-likeness (QED) is 0.254. The lowest BCUT2D eigenvalue weighted by atomic mass is 10.1. The predicted octanol–water partition coefficient (Wildman–Crippen LogP) is 3.09. The number of hydrogen-bond donors (Lipinski definition) is 2. The molecule has 2 N–H and O–H groups in total. The van der Waals surface area contributed by atoms with Gasteiger partial charge in [-0.25, -0.2) is 4.99 Å². The van der Waals surface area contributed by atoms with E-state index in [1.54, 1.807) is 12.1 Å². The number of nitrogens with zero attached hydrogens (tertiary/aromatic N) is 2. The van der Waals surface area contributed by atoms with Crippen molar-refractivity contribution in [3.8, 4) is 0 Å². The van der Waals surface area contributed by atoms with Gasteiger partial charge in [-0.2, -0.15) is 0 Å². The minimum atomic E-state index is -0.395. The SMILES string of the molecule is CCNC(=NCc1ccc([N+](=O)[O-])cc1)NCCCC(C)C. The fraction of sp³-hybridized carbons (Fsp3) is 0.562. The van der Waals surface area contributed by atoms with E-state index >= 15 is 0 Å². The summed E-state index contributed by atoms with van der Waals surface area (Å²) in [5.41, 5.74) is 1.05. The van der Waals surface area contributed by atoms with Crippen LogP contribution in [0.15, 0.2) is 29.3 Å². The van der Waals surface area contributed by atoms with Crippen LogP contribution in [0.4, 0.5) is 5.69 Å². The molecule has 122 valence electrons. The van der Waals surface area contributed by atoms with Crippen molar-refractivity contribution in [3.05, 3.63) is 39.9 Å². The number of benzene rings is 1. The number of hydrogen-bond acceptors (Lipinski definition) is 3. The molecule has 0 spiro atoms. The molecular weight excluding hydrogens is 280 g/mol. The summed E-state index contributed by atoms with van der Waals surface area (Å²) in [5, 5.41) is 17.1. The highest BCUT2D eigenvalue weighted by atomic mass is 16.6. The minimum absolute atomic E-state index is 0.103. The van der Waals surface area contributed by atoms with Gasteiger partial charge in [-0.3, -0.25) is 10.1 Å². The van der Waals surface area contributed by atoms with Gasteiger partial charge in [-0.05, 0) is 31.2 Å². The second-order valence-corrected chi connectivity index (χ2v) is 5.58. The maximum atomic E-state index is 10.6. The third-order valence-electron chi connectivity index (χ3n) is 3.16. The molecule has 1 aromatic rings. The molecule has 0 heterocycles. The molecule has 1 aromatic carbocycles. The van der Waals surface area contributed by atoms with E-state index < -0.39 is 4.92 Å². The molecule has 1 rings (SSSR count). The minimum Gasteiger partial charge on any atom is -0.357 e. The van der Waals surface area contributed by atoms with Crippen molar-refractivity contribution in [1.82, 2.24) is 10.6 Å². The monoisotopic (exact) mass is 306 g/mol. The molecule has 0 atom stereocenters. The highest BCUT2D eigenvalue weighted by Gasteiger charge is 2.04. The summed E-state index contributed by atoms with van der Waals surface area (Å²) in [7, 11) is 0. The lowest BCUT2D eigenvalue weighted by Crippen LogP contribution is -2.37. The summed E-state index contributed by atoms with van der Waals surface area (Å²) in [5.74, 6) is 1.49. The summed E-state index contributed by atoms with van der Waals surface area (Å²) < 4.78 is 0. The van der Waals surface area contributed by atoms with Crippen LogP contribution in [0.1, 0.15) is 39.2 Å². The second-order valence-electron chi connectivity index (χ2n) is 5.58. The molecule has 0 saturated carbocycles. The highest BCUT2D eigenvalue weighted by Crippen LogP contribution is 2.12. The van der Waals surface area contributed by atoms with E-state index in [9.17, 15) is 10.1 Å². The average Bonchev–Trinajstić information content (AvgIpc) is 2.49. The largest absolute Gasteiger partial charge is 0.357 e. The number of nitrogens with one attached hydrogen (secondary N) is 2. The molecule has 0 saturated heterocycles. The maximum absolute atomic E-state index is 10.6. The molecule has 0 amide bonds. The smallest absolute Gasteiger partial charge is 0.269 e. The van der Waals surface area contributed by atoms with Crippen molar-refractivity contribution in [3.63, 3.8) is 0 Å². The van der Waals surface area contributed by atoms with Gasteiger partial charge in [0.2, 0.25) is 0 Å². The fourth-order valence-corrected chi connectivity index (χ4v) is 1.95. The van der Waals surface area contributed by atoms with Crippen LogP contribution in [-0.2, 0) is 6.54 Å². The normalized spacial score (nSPS) is 11.5. The van der Waals surface area contributed by atoms with E-state index in [-0.39, 0.29) is 5.69 Å². The Bertz CT molecular complexity index is 483. The Hall–Kier alpha value is -2.11. The van der Waals surface area contributed by atoms with E-state index in [1.807, 2.05) is 6.92 Å². The van der Waals surface area contributed by atoms with Gasteiger partial charge in [-0.1, -0.05) is 26.0 Å². The molecule has 0 unspecified atom stereocenters. The molecule has 6 nitrogen and oxygen atoms in total. The second kappa shape index (κ2) is 9.76. The maximum Gasteiger partial charge on any atom is 0.269 e. The van der Waals surface area contributed by atoms with E-state index in [2.05, 4.69) is 29.5 Å². The van der Waals surface area contributed by atoms with Gasteiger partial charge < -0.3 is 10.6 Å². The Balaban J connectivity index is 2.51. The van der Waals surface area contributed by atoms with E-state index in [1.165, 1.54) is 18.6 Å². The summed E-state index contributed by atoms with van der Waals surface area (Å²) in [6.07, 6.45) is 2.30. The van der Waals surface area contributed by atoms with Gasteiger partial charge in [0.15, 0.2) is 5.96 Å². The Morgan fingerprint density at radius 2 is 1.95 bits per heavy atom. The lowest BCUT2D eigenvalue weighted by molar-refractivity contribution is -0.384. The first kappa shape index (κ1) is 17.9. The van der Waals surface area contributed by atoms with Crippen LogP contribution in [0, 0.1) is 16.0 Å². The lowest BCUT2D eigenvalue weighted by Gasteiger charge is -2.12. The van der Waals surface area contributed by atoms with Crippen LogP contribution in [0.2, 0.25) is 0 Å². The van der Waals surface area contributed by atoms with Gasteiger partial charge in [0.25, 0.3) is 5.69 Å². The number of rotatable bonds is 8. The molecule has 0 aliphatic carbocycles.